The van der Waals surface area contributed by atoms with Gasteiger partial charge in [0.15, 0.2) is 0 Å². The molecule has 1 aromatic heterocycles. The maximum absolute atomic E-state index is 13.7. The van der Waals surface area contributed by atoms with E-state index >= 15 is 0 Å². The van der Waals surface area contributed by atoms with Crippen LogP contribution < -0.4 is 10.1 Å². The first-order chi connectivity index (χ1) is 9.10. The van der Waals surface area contributed by atoms with E-state index in [1.54, 1.807) is 25.5 Å². The summed E-state index contributed by atoms with van der Waals surface area (Å²) in [5.41, 5.74) is 2.09. The molecule has 100 valence electrons. The van der Waals surface area contributed by atoms with Crippen molar-refractivity contribution in [2.45, 2.75) is 20.0 Å². The summed E-state index contributed by atoms with van der Waals surface area (Å²) in [5, 5.41) is 2.80. The molecule has 1 heterocycles. The van der Waals surface area contributed by atoms with Gasteiger partial charge in [0.1, 0.15) is 11.6 Å². The van der Waals surface area contributed by atoms with Gasteiger partial charge in [-0.15, -0.1) is 0 Å². The van der Waals surface area contributed by atoms with Crippen molar-refractivity contribution in [2.24, 2.45) is 0 Å². The zero-order valence-electron chi connectivity index (χ0n) is 11.3. The standard InChI is InChI=1S/C15H17FN2O/c1-10(2)19-13-6-12(8-18-9-13)11-4-5-15(17-3)14(16)7-11/h4-10,17H,1-3H3. The van der Waals surface area contributed by atoms with Gasteiger partial charge in [-0.25, -0.2) is 4.39 Å². The third kappa shape index (κ3) is 3.22. The van der Waals surface area contributed by atoms with E-state index in [1.807, 2.05) is 26.0 Å². The summed E-state index contributed by atoms with van der Waals surface area (Å²) in [6.07, 6.45) is 3.43. The number of ether oxygens (including phenoxy) is 1. The lowest BCUT2D eigenvalue weighted by atomic mass is 10.1. The minimum Gasteiger partial charge on any atom is -0.489 e. The Kier molecular flexibility index (Phi) is 4.00. The van der Waals surface area contributed by atoms with Crippen LogP contribution in [0.2, 0.25) is 0 Å². The van der Waals surface area contributed by atoms with E-state index in [9.17, 15) is 4.39 Å². The minimum absolute atomic E-state index is 0.0838. The zero-order valence-corrected chi connectivity index (χ0v) is 11.3. The molecule has 0 aliphatic rings. The van der Waals surface area contributed by atoms with Gasteiger partial charge in [-0.1, -0.05) is 6.07 Å². The van der Waals surface area contributed by atoms with Crippen molar-refractivity contribution in [2.75, 3.05) is 12.4 Å². The Bertz CT molecular complexity index is 570. The first-order valence-electron chi connectivity index (χ1n) is 6.19. The van der Waals surface area contributed by atoms with E-state index in [0.29, 0.717) is 11.4 Å². The van der Waals surface area contributed by atoms with E-state index in [4.69, 9.17) is 4.74 Å². The molecule has 1 aromatic carbocycles. The van der Waals surface area contributed by atoms with Gasteiger partial charge in [0.25, 0.3) is 0 Å². The lowest BCUT2D eigenvalue weighted by Gasteiger charge is -2.11. The minimum atomic E-state index is -0.282. The topological polar surface area (TPSA) is 34.2 Å². The fourth-order valence-corrected chi connectivity index (χ4v) is 1.81. The van der Waals surface area contributed by atoms with Gasteiger partial charge >= 0.3 is 0 Å². The van der Waals surface area contributed by atoms with Gasteiger partial charge in [-0.05, 0) is 37.6 Å². The highest BCUT2D eigenvalue weighted by atomic mass is 19.1. The Hall–Kier alpha value is -2.10. The highest BCUT2D eigenvalue weighted by Gasteiger charge is 2.06. The third-order valence-electron chi connectivity index (χ3n) is 2.66. The van der Waals surface area contributed by atoms with E-state index in [0.717, 1.165) is 11.1 Å². The van der Waals surface area contributed by atoms with Crippen molar-refractivity contribution in [1.82, 2.24) is 4.98 Å². The quantitative estimate of drug-likeness (QED) is 0.909. The van der Waals surface area contributed by atoms with Gasteiger partial charge in [0.2, 0.25) is 0 Å². The molecule has 0 spiro atoms. The highest BCUT2D eigenvalue weighted by molar-refractivity contribution is 5.66. The SMILES string of the molecule is CNc1ccc(-c2cncc(OC(C)C)c2)cc1F. The van der Waals surface area contributed by atoms with Crippen LogP contribution in [-0.4, -0.2) is 18.1 Å². The fourth-order valence-electron chi connectivity index (χ4n) is 1.81. The maximum atomic E-state index is 13.7. The first-order valence-corrected chi connectivity index (χ1v) is 6.19. The second-order valence-electron chi connectivity index (χ2n) is 4.52. The van der Waals surface area contributed by atoms with Crippen molar-refractivity contribution in [3.63, 3.8) is 0 Å². The summed E-state index contributed by atoms with van der Waals surface area (Å²) in [4.78, 5) is 4.12. The van der Waals surface area contributed by atoms with Crippen LogP contribution in [0.1, 0.15) is 13.8 Å². The van der Waals surface area contributed by atoms with Crippen LogP contribution >= 0.6 is 0 Å². The molecule has 0 atom stereocenters. The summed E-state index contributed by atoms with van der Waals surface area (Å²) < 4.78 is 19.3. The number of aromatic nitrogens is 1. The molecule has 2 aromatic rings. The zero-order chi connectivity index (χ0) is 13.8. The molecule has 0 fully saturated rings. The predicted octanol–water partition coefficient (Wildman–Crippen LogP) is 3.72. The van der Waals surface area contributed by atoms with Crippen molar-refractivity contribution in [1.29, 1.82) is 0 Å². The average Bonchev–Trinajstić information content (AvgIpc) is 2.38. The molecule has 19 heavy (non-hydrogen) atoms. The molecule has 0 aliphatic carbocycles. The molecule has 0 unspecified atom stereocenters. The van der Waals surface area contributed by atoms with Gasteiger partial charge in [-0.3, -0.25) is 4.98 Å². The van der Waals surface area contributed by atoms with Gasteiger partial charge < -0.3 is 10.1 Å². The second kappa shape index (κ2) is 5.69. The van der Waals surface area contributed by atoms with Crippen LogP contribution in [0.4, 0.5) is 10.1 Å². The van der Waals surface area contributed by atoms with Gasteiger partial charge in [0, 0.05) is 18.8 Å². The summed E-state index contributed by atoms with van der Waals surface area (Å²) in [6, 6.07) is 6.91. The van der Waals surface area contributed by atoms with Crippen LogP contribution in [0.5, 0.6) is 5.75 Å². The molecule has 0 saturated heterocycles. The Balaban J connectivity index is 2.33. The van der Waals surface area contributed by atoms with E-state index < -0.39 is 0 Å². The molecule has 0 bridgehead atoms. The van der Waals surface area contributed by atoms with Crippen LogP contribution in [0.15, 0.2) is 36.7 Å². The number of nitrogens with zero attached hydrogens (tertiary/aromatic N) is 1. The van der Waals surface area contributed by atoms with E-state index in [-0.39, 0.29) is 11.9 Å². The summed E-state index contributed by atoms with van der Waals surface area (Å²) in [5.74, 6) is 0.404. The lowest BCUT2D eigenvalue weighted by Crippen LogP contribution is -2.05. The molecule has 0 radical (unpaired) electrons. The van der Waals surface area contributed by atoms with Crippen molar-refractivity contribution >= 4 is 5.69 Å². The molecule has 0 amide bonds. The monoisotopic (exact) mass is 260 g/mol. The number of pyridine rings is 1. The van der Waals surface area contributed by atoms with Crippen LogP contribution in [0.3, 0.4) is 0 Å². The largest absolute Gasteiger partial charge is 0.489 e. The van der Waals surface area contributed by atoms with Crippen LogP contribution in [-0.2, 0) is 0 Å². The number of rotatable bonds is 4. The lowest BCUT2D eigenvalue weighted by molar-refractivity contribution is 0.241. The third-order valence-corrected chi connectivity index (χ3v) is 2.66. The van der Waals surface area contributed by atoms with Gasteiger partial charge in [-0.2, -0.15) is 0 Å². The molecule has 0 saturated carbocycles. The van der Waals surface area contributed by atoms with Crippen molar-refractivity contribution in [3.8, 4) is 16.9 Å². The van der Waals surface area contributed by atoms with Crippen molar-refractivity contribution in [3.05, 3.63) is 42.5 Å². The Labute approximate surface area is 112 Å². The molecular weight excluding hydrogens is 243 g/mol. The Morgan fingerprint density at radius 2 is 1.95 bits per heavy atom. The fraction of sp³-hybridized carbons (Fsp3) is 0.267. The first kappa shape index (κ1) is 13.3. The second-order valence-corrected chi connectivity index (χ2v) is 4.52. The molecule has 1 N–H and O–H groups in total. The molecule has 4 heteroatoms. The molecule has 2 rings (SSSR count). The number of nitrogens with one attached hydrogen (secondary N) is 1. The summed E-state index contributed by atoms with van der Waals surface area (Å²) in [7, 11) is 1.69. The van der Waals surface area contributed by atoms with Crippen molar-refractivity contribution < 1.29 is 9.13 Å². The van der Waals surface area contributed by atoms with Crippen LogP contribution in [0, 0.1) is 5.82 Å². The Morgan fingerprint density at radius 3 is 2.58 bits per heavy atom. The highest BCUT2D eigenvalue weighted by Crippen LogP contribution is 2.26. The number of anilines is 1. The van der Waals surface area contributed by atoms with E-state index in [1.165, 1.54) is 6.07 Å². The number of benzene rings is 1. The summed E-state index contributed by atoms with van der Waals surface area (Å²) >= 11 is 0. The number of halogens is 1. The predicted molar refractivity (Wildman–Crippen MR) is 74.9 cm³/mol. The molecule has 0 aliphatic heterocycles. The van der Waals surface area contributed by atoms with Gasteiger partial charge in [0.05, 0.1) is 18.0 Å². The number of hydrogen-bond acceptors (Lipinski definition) is 3. The normalized spacial score (nSPS) is 10.6. The summed E-state index contributed by atoms with van der Waals surface area (Å²) in [6.45, 7) is 3.90. The van der Waals surface area contributed by atoms with Crippen LogP contribution in [0.25, 0.3) is 11.1 Å². The molecule has 3 nitrogen and oxygen atoms in total. The number of hydrogen-bond donors (Lipinski definition) is 1. The van der Waals surface area contributed by atoms with E-state index in [2.05, 4.69) is 10.3 Å². The Morgan fingerprint density at radius 1 is 1.16 bits per heavy atom. The maximum Gasteiger partial charge on any atom is 0.146 e. The molecular formula is C15H17FN2O. The average molecular weight is 260 g/mol. The smallest absolute Gasteiger partial charge is 0.146 e.